The van der Waals surface area contributed by atoms with Crippen molar-refractivity contribution in [3.05, 3.63) is 47.9 Å². The average molecular weight is 425 g/mol. The van der Waals surface area contributed by atoms with Crippen LogP contribution in [-0.4, -0.2) is 27.9 Å². The van der Waals surface area contributed by atoms with E-state index in [1.54, 1.807) is 0 Å². The topological polar surface area (TPSA) is 53.7 Å². The van der Waals surface area contributed by atoms with Gasteiger partial charge in [-0.25, -0.2) is 9.98 Å². The first-order chi connectivity index (χ1) is 10.8. The third kappa shape index (κ3) is 4.46. The normalized spacial score (nSPS) is 15.0. The molecule has 2 heterocycles. The van der Waals surface area contributed by atoms with Crippen molar-refractivity contribution in [3.8, 4) is 0 Å². The number of imidazole rings is 1. The highest BCUT2D eigenvalue weighted by Crippen LogP contribution is 2.10. The standard InChI is InChI=1S/C17H23N5.HI/c1-3-18-17(21-14-8-4-5-9-14)19-11-15-12-22-13(2)7-6-10-16(22)20-15;/h4-7,10,12,14H,3,8-9,11H2,1-2H3,(H2,18,19,21);1H. The highest BCUT2D eigenvalue weighted by atomic mass is 127. The Balaban J connectivity index is 0.00000192. The van der Waals surface area contributed by atoms with Crippen LogP contribution in [0.2, 0.25) is 0 Å². The van der Waals surface area contributed by atoms with Crippen LogP contribution in [0.5, 0.6) is 0 Å². The van der Waals surface area contributed by atoms with Gasteiger partial charge in [0.2, 0.25) is 0 Å². The lowest BCUT2D eigenvalue weighted by Gasteiger charge is -2.16. The fourth-order valence-corrected chi connectivity index (χ4v) is 2.68. The zero-order valence-electron chi connectivity index (χ0n) is 13.6. The predicted octanol–water partition coefficient (Wildman–Crippen LogP) is 3.03. The Hall–Kier alpha value is -1.57. The maximum absolute atomic E-state index is 4.66. The van der Waals surface area contributed by atoms with Crippen molar-refractivity contribution in [2.45, 2.75) is 39.3 Å². The van der Waals surface area contributed by atoms with Crippen LogP contribution in [0, 0.1) is 6.92 Å². The molecule has 0 aromatic carbocycles. The van der Waals surface area contributed by atoms with Gasteiger partial charge in [0.15, 0.2) is 5.96 Å². The molecule has 0 bridgehead atoms. The summed E-state index contributed by atoms with van der Waals surface area (Å²) in [6.07, 6.45) is 8.63. The Morgan fingerprint density at radius 1 is 1.35 bits per heavy atom. The fourth-order valence-electron chi connectivity index (χ4n) is 2.68. The molecule has 0 fully saturated rings. The largest absolute Gasteiger partial charge is 0.357 e. The monoisotopic (exact) mass is 425 g/mol. The second-order valence-electron chi connectivity index (χ2n) is 5.61. The number of pyridine rings is 1. The molecule has 0 aliphatic heterocycles. The van der Waals surface area contributed by atoms with Gasteiger partial charge in [0, 0.05) is 24.5 Å². The molecule has 0 unspecified atom stereocenters. The van der Waals surface area contributed by atoms with E-state index >= 15 is 0 Å². The molecule has 0 amide bonds. The van der Waals surface area contributed by atoms with Gasteiger partial charge in [0.1, 0.15) is 5.65 Å². The Bertz CT molecular complexity index is 696. The molecule has 0 spiro atoms. The molecule has 6 heteroatoms. The van der Waals surface area contributed by atoms with Gasteiger partial charge in [0.05, 0.1) is 12.2 Å². The number of nitrogens with one attached hydrogen (secondary N) is 2. The first-order valence-electron chi connectivity index (χ1n) is 7.89. The smallest absolute Gasteiger partial charge is 0.191 e. The van der Waals surface area contributed by atoms with E-state index in [4.69, 9.17) is 0 Å². The summed E-state index contributed by atoms with van der Waals surface area (Å²) < 4.78 is 2.10. The zero-order valence-corrected chi connectivity index (χ0v) is 16.0. The van der Waals surface area contributed by atoms with Crippen LogP contribution in [-0.2, 0) is 6.54 Å². The number of hydrogen-bond acceptors (Lipinski definition) is 2. The van der Waals surface area contributed by atoms with Gasteiger partial charge < -0.3 is 15.0 Å². The second-order valence-corrected chi connectivity index (χ2v) is 5.61. The summed E-state index contributed by atoms with van der Waals surface area (Å²) in [5.74, 6) is 0.866. The van der Waals surface area contributed by atoms with E-state index in [0.717, 1.165) is 36.7 Å². The molecule has 0 saturated carbocycles. The highest BCUT2D eigenvalue weighted by molar-refractivity contribution is 14.0. The van der Waals surface area contributed by atoms with Gasteiger partial charge in [-0.05, 0) is 38.8 Å². The molecule has 2 N–H and O–H groups in total. The fraction of sp³-hybridized carbons (Fsp3) is 0.412. The van der Waals surface area contributed by atoms with Crippen LogP contribution in [0.4, 0.5) is 0 Å². The summed E-state index contributed by atoms with van der Waals surface area (Å²) in [5.41, 5.74) is 3.14. The third-order valence-corrected chi connectivity index (χ3v) is 3.84. The first-order valence-corrected chi connectivity index (χ1v) is 7.89. The lowest BCUT2D eigenvalue weighted by Crippen LogP contribution is -2.42. The van der Waals surface area contributed by atoms with Crippen molar-refractivity contribution in [3.63, 3.8) is 0 Å². The average Bonchev–Trinajstić information content (AvgIpc) is 3.14. The van der Waals surface area contributed by atoms with Crippen LogP contribution < -0.4 is 10.6 Å². The van der Waals surface area contributed by atoms with Crippen LogP contribution in [0.25, 0.3) is 5.65 Å². The van der Waals surface area contributed by atoms with Crippen LogP contribution in [0.3, 0.4) is 0 Å². The molecular formula is C17H24IN5. The number of fused-ring (bicyclic) bond motifs is 1. The maximum Gasteiger partial charge on any atom is 0.191 e. The molecule has 1 aliphatic rings. The van der Waals surface area contributed by atoms with E-state index in [0.29, 0.717) is 12.6 Å². The molecule has 124 valence electrons. The Morgan fingerprint density at radius 3 is 2.83 bits per heavy atom. The lowest BCUT2D eigenvalue weighted by molar-refractivity contribution is 0.633. The number of nitrogens with zero attached hydrogens (tertiary/aromatic N) is 3. The van der Waals surface area contributed by atoms with E-state index < -0.39 is 0 Å². The number of aryl methyl sites for hydroxylation is 1. The highest BCUT2D eigenvalue weighted by Gasteiger charge is 2.11. The molecule has 5 nitrogen and oxygen atoms in total. The van der Waals surface area contributed by atoms with Gasteiger partial charge in [0.25, 0.3) is 0 Å². The van der Waals surface area contributed by atoms with Crippen molar-refractivity contribution in [1.29, 1.82) is 0 Å². The minimum absolute atomic E-state index is 0. The maximum atomic E-state index is 4.66. The summed E-state index contributed by atoms with van der Waals surface area (Å²) in [5, 5.41) is 6.78. The number of hydrogen-bond donors (Lipinski definition) is 2. The summed E-state index contributed by atoms with van der Waals surface area (Å²) in [6.45, 7) is 5.60. The molecule has 1 aliphatic carbocycles. The van der Waals surface area contributed by atoms with Gasteiger partial charge >= 0.3 is 0 Å². The molecule has 0 radical (unpaired) electrons. The number of rotatable bonds is 4. The number of aromatic nitrogens is 2. The molecule has 0 saturated heterocycles. The van der Waals surface area contributed by atoms with E-state index in [1.165, 1.54) is 5.69 Å². The van der Waals surface area contributed by atoms with E-state index in [9.17, 15) is 0 Å². The summed E-state index contributed by atoms with van der Waals surface area (Å²) in [6, 6.07) is 6.60. The van der Waals surface area contributed by atoms with Crippen LogP contribution in [0.1, 0.15) is 31.2 Å². The van der Waals surface area contributed by atoms with E-state index in [2.05, 4.69) is 63.3 Å². The summed E-state index contributed by atoms with van der Waals surface area (Å²) in [4.78, 5) is 9.29. The summed E-state index contributed by atoms with van der Waals surface area (Å²) >= 11 is 0. The number of halogens is 1. The van der Waals surface area contributed by atoms with E-state index in [-0.39, 0.29) is 24.0 Å². The Labute approximate surface area is 154 Å². The van der Waals surface area contributed by atoms with Crippen molar-refractivity contribution in [2.75, 3.05) is 6.54 Å². The Morgan fingerprint density at radius 2 is 2.13 bits per heavy atom. The van der Waals surface area contributed by atoms with Crippen molar-refractivity contribution >= 4 is 35.6 Å². The van der Waals surface area contributed by atoms with Crippen molar-refractivity contribution in [2.24, 2.45) is 4.99 Å². The van der Waals surface area contributed by atoms with Crippen LogP contribution >= 0.6 is 24.0 Å². The van der Waals surface area contributed by atoms with Gasteiger partial charge in [-0.1, -0.05) is 18.2 Å². The zero-order chi connectivity index (χ0) is 15.4. The molecular weight excluding hydrogens is 401 g/mol. The lowest BCUT2D eigenvalue weighted by atomic mass is 10.2. The van der Waals surface area contributed by atoms with Gasteiger partial charge in [-0.3, -0.25) is 0 Å². The molecule has 0 atom stereocenters. The minimum Gasteiger partial charge on any atom is -0.357 e. The molecule has 23 heavy (non-hydrogen) atoms. The third-order valence-electron chi connectivity index (χ3n) is 3.84. The predicted molar refractivity (Wildman–Crippen MR) is 105 cm³/mol. The minimum atomic E-state index is 0. The van der Waals surface area contributed by atoms with Crippen LogP contribution in [0.15, 0.2) is 41.5 Å². The van der Waals surface area contributed by atoms with Crippen molar-refractivity contribution < 1.29 is 0 Å². The Kier molecular flexibility index (Phi) is 6.44. The number of aliphatic imine (C=N–C) groups is 1. The first kappa shape index (κ1) is 17.8. The molecule has 2 aromatic heterocycles. The summed E-state index contributed by atoms with van der Waals surface area (Å²) in [7, 11) is 0. The molecule has 3 rings (SSSR count). The van der Waals surface area contributed by atoms with Gasteiger partial charge in [-0.2, -0.15) is 0 Å². The van der Waals surface area contributed by atoms with E-state index in [1.807, 2.05) is 12.1 Å². The molecule has 2 aromatic rings. The quantitative estimate of drug-likeness (QED) is 0.343. The second kappa shape index (κ2) is 8.33. The van der Waals surface area contributed by atoms with Gasteiger partial charge in [-0.15, -0.1) is 24.0 Å². The SMILES string of the molecule is CCNC(=NCc1cn2c(C)cccc2n1)NC1CC=CC1.I. The van der Waals surface area contributed by atoms with Crippen molar-refractivity contribution in [1.82, 2.24) is 20.0 Å². The number of guanidine groups is 1.